The summed E-state index contributed by atoms with van der Waals surface area (Å²) >= 11 is 3.05. The SMILES string of the molecule is O=C(O)[C@@H]1CCCN(C(=O)c2cccc(F)c2Br)C1. The molecular formula is C13H13BrFNO3. The van der Waals surface area contributed by atoms with Gasteiger partial charge < -0.3 is 10.0 Å². The first-order valence-corrected chi connectivity index (χ1v) is 6.76. The van der Waals surface area contributed by atoms with E-state index < -0.39 is 17.7 Å². The minimum absolute atomic E-state index is 0.123. The van der Waals surface area contributed by atoms with E-state index in [-0.39, 0.29) is 22.5 Å². The molecule has 0 spiro atoms. The van der Waals surface area contributed by atoms with Crippen LogP contribution in [0.25, 0.3) is 0 Å². The maximum Gasteiger partial charge on any atom is 0.308 e. The summed E-state index contributed by atoms with van der Waals surface area (Å²) in [5.41, 5.74) is 0.228. The number of nitrogens with zero attached hydrogens (tertiary/aromatic N) is 1. The van der Waals surface area contributed by atoms with Crippen molar-refractivity contribution in [2.24, 2.45) is 5.92 Å². The molecule has 0 radical (unpaired) electrons. The summed E-state index contributed by atoms with van der Waals surface area (Å²) in [6, 6.07) is 4.25. The van der Waals surface area contributed by atoms with Crippen LogP contribution in [0.5, 0.6) is 0 Å². The van der Waals surface area contributed by atoms with Crippen LogP contribution in [-0.4, -0.2) is 35.0 Å². The zero-order chi connectivity index (χ0) is 14.0. The molecule has 1 aliphatic heterocycles. The number of piperidine rings is 1. The Kier molecular flexibility index (Phi) is 4.19. The van der Waals surface area contributed by atoms with Crippen molar-refractivity contribution < 1.29 is 19.1 Å². The Morgan fingerprint density at radius 1 is 1.42 bits per heavy atom. The lowest BCUT2D eigenvalue weighted by Crippen LogP contribution is -2.42. The zero-order valence-corrected chi connectivity index (χ0v) is 11.7. The molecule has 1 aromatic carbocycles. The van der Waals surface area contributed by atoms with Gasteiger partial charge in [-0.2, -0.15) is 0 Å². The number of carbonyl (C=O) groups excluding carboxylic acids is 1. The quantitative estimate of drug-likeness (QED) is 0.907. The van der Waals surface area contributed by atoms with Gasteiger partial charge in [0, 0.05) is 13.1 Å². The molecule has 0 unspecified atom stereocenters. The number of rotatable bonds is 2. The van der Waals surface area contributed by atoms with Gasteiger partial charge in [0.15, 0.2) is 0 Å². The monoisotopic (exact) mass is 329 g/mol. The van der Waals surface area contributed by atoms with Crippen LogP contribution in [0.15, 0.2) is 22.7 Å². The number of hydrogen-bond donors (Lipinski definition) is 1. The van der Waals surface area contributed by atoms with Gasteiger partial charge in [0.1, 0.15) is 5.82 Å². The van der Waals surface area contributed by atoms with Crippen LogP contribution >= 0.6 is 15.9 Å². The second-order valence-corrected chi connectivity index (χ2v) is 5.32. The first-order valence-electron chi connectivity index (χ1n) is 5.97. The largest absolute Gasteiger partial charge is 0.481 e. The van der Waals surface area contributed by atoms with E-state index in [4.69, 9.17) is 5.11 Å². The Morgan fingerprint density at radius 2 is 2.16 bits per heavy atom. The molecule has 2 rings (SSSR count). The fraction of sp³-hybridized carbons (Fsp3) is 0.385. The van der Waals surface area contributed by atoms with Crippen molar-refractivity contribution in [3.63, 3.8) is 0 Å². The molecule has 102 valence electrons. The van der Waals surface area contributed by atoms with Crippen LogP contribution in [0.3, 0.4) is 0 Å². The number of amides is 1. The second kappa shape index (κ2) is 5.69. The molecular weight excluding hydrogens is 317 g/mol. The Labute approximate surface area is 118 Å². The van der Waals surface area contributed by atoms with E-state index in [1.807, 2.05) is 0 Å². The highest BCUT2D eigenvalue weighted by molar-refractivity contribution is 9.10. The molecule has 1 saturated heterocycles. The topological polar surface area (TPSA) is 57.6 Å². The second-order valence-electron chi connectivity index (χ2n) is 4.53. The summed E-state index contributed by atoms with van der Waals surface area (Å²) in [7, 11) is 0. The molecule has 0 saturated carbocycles. The Morgan fingerprint density at radius 3 is 2.84 bits per heavy atom. The van der Waals surface area contributed by atoms with Crippen LogP contribution in [0.2, 0.25) is 0 Å². The smallest absolute Gasteiger partial charge is 0.308 e. The van der Waals surface area contributed by atoms with E-state index in [0.717, 1.165) is 0 Å². The maximum atomic E-state index is 13.4. The minimum Gasteiger partial charge on any atom is -0.481 e. The highest BCUT2D eigenvalue weighted by Crippen LogP contribution is 2.24. The highest BCUT2D eigenvalue weighted by Gasteiger charge is 2.29. The molecule has 4 nitrogen and oxygen atoms in total. The standard InChI is InChI=1S/C13H13BrFNO3/c14-11-9(4-1-5-10(11)15)12(17)16-6-2-3-8(7-16)13(18)19/h1,4-5,8H,2-3,6-7H2,(H,18,19)/t8-/m1/s1. The lowest BCUT2D eigenvalue weighted by Gasteiger charge is -2.31. The van der Waals surface area contributed by atoms with Gasteiger partial charge in [-0.05, 0) is 40.9 Å². The van der Waals surface area contributed by atoms with Crippen molar-refractivity contribution >= 4 is 27.8 Å². The molecule has 1 aliphatic rings. The average Bonchev–Trinajstić information content (AvgIpc) is 2.41. The Hall–Kier alpha value is -1.43. The number of carbonyl (C=O) groups is 2. The summed E-state index contributed by atoms with van der Waals surface area (Å²) in [5, 5.41) is 9.00. The molecule has 19 heavy (non-hydrogen) atoms. The van der Waals surface area contributed by atoms with Crippen LogP contribution < -0.4 is 0 Å². The number of carboxylic acids is 1. The van der Waals surface area contributed by atoms with Crippen molar-refractivity contribution in [2.45, 2.75) is 12.8 Å². The summed E-state index contributed by atoms with van der Waals surface area (Å²) in [6.07, 6.45) is 1.22. The van der Waals surface area contributed by atoms with Crippen molar-refractivity contribution in [3.05, 3.63) is 34.1 Å². The third kappa shape index (κ3) is 2.94. The zero-order valence-electron chi connectivity index (χ0n) is 10.1. The van der Waals surface area contributed by atoms with Gasteiger partial charge in [0.05, 0.1) is 16.0 Å². The van der Waals surface area contributed by atoms with Gasteiger partial charge in [-0.15, -0.1) is 0 Å². The third-order valence-corrected chi connectivity index (χ3v) is 4.05. The lowest BCUT2D eigenvalue weighted by atomic mass is 9.97. The molecule has 0 aromatic heterocycles. The number of hydrogen-bond acceptors (Lipinski definition) is 2. The van der Waals surface area contributed by atoms with E-state index in [1.54, 1.807) is 0 Å². The third-order valence-electron chi connectivity index (χ3n) is 3.24. The fourth-order valence-corrected chi connectivity index (χ4v) is 2.64. The fourth-order valence-electron chi connectivity index (χ4n) is 2.20. The van der Waals surface area contributed by atoms with E-state index in [2.05, 4.69) is 15.9 Å². The maximum absolute atomic E-state index is 13.4. The van der Waals surface area contributed by atoms with E-state index >= 15 is 0 Å². The van der Waals surface area contributed by atoms with Gasteiger partial charge in [-0.1, -0.05) is 6.07 Å². The molecule has 6 heteroatoms. The molecule has 0 bridgehead atoms. The number of benzene rings is 1. The van der Waals surface area contributed by atoms with Crippen molar-refractivity contribution in [1.29, 1.82) is 0 Å². The predicted molar refractivity (Wildman–Crippen MR) is 70.4 cm³/mol. The molecule has 1 amide bonds. The number of aliphatic carboxylic acids is 1. The normalized spacial score (nSPS) is 19.3. The van der Waals surface area contributed by atoms with Crippen molar-refractivity contribution in [3.8, 4) is 0 Å². The summed E-state index contributed by atoms with van der Waals surface area (Å²) in [4.78, 5) is 24.7. The van der Waals surface area contributed by atoms with Gasteiger partial charge in [-0.25, -0.2) is 4.39 Å². The molecule has 1 N–H and O–H groups in total. The van der Waals surface area contributed by atoms with E-state index in [9.17, 15) is 14.0 Å². The van der Waals surface area contributed by atoms with Crippen molar-refractivity contribution in [2.75, 3.05) is 13.1 Å². The molecule has 1 atom stereocenters. The van der Waals surface area contributed by atoms with E-state index in [0.29, 0.717) is 19.4 Å². The van der Waals surface area contributed by atoms with Crippen LogP contribution in [-0.2, 0) is 4.79 Å². The first-order chi connectivity index (χ1) is 9.00. The van der Waals surface area contributed by atoms with E-state index in [1.165, 1.54) is 23.1 Å². The number of carboxylic acid groups (broad SMARTS) is 1. The van der Waals surface area contributed by atoms with Crippen LogP contribution in [0.4, 0.5) is 4.39 Å². The van der Waals surface area contributed by atoms with Crippen LogP contribution in [0, 0.1) is 11.7 Å². The summed E-state index contributed by atoms with van der Waals surface area (Å²) in [6.45, 7) is 0.683. The summed E-state index contributed by atoms with van der Waals surface area (Å²) < 4.78 is 13.5. The first kappa shape index (κ1) is 14.0. The predicted octanol–water partition coefficient (Wildman–Crippen LogP) is 2.53. The van der Waals surface area contributed by atoms with Gasteiger partial charge >= 0.3 is 5.97 Å². The molecule has 1 aromatic rings. The van der Waals surface area contributed by atoms with Gasteiger partial charge in [-0.3, -0.25) is 9.59 Å². The molecule has 1 heterocycles. The number of likely N-dealkylation sites (tertiary alicyclic amines) is 1. The minimum atomic E-state index is -0.893. The van der Waals surface area contributed by atoms with Crippen LogP contribution in [0.1, 0.15) is 23.2 Å². The van der Waals surface area contributed by atoms with Gasteiger partial charge in [0.25, 0.3) is 5.91 Å². The lowest BCUT2D eigenvalue weighted by molar-refractivity contribution is -0.143. The molecule has 1 fully saturated rings. The number of halogens is 2. The highest BCUT2D eigenvalue weighted by atomic mass is 79.9. The Bertz CT molecular complexity index is 521. The van der Waals surface area contributed by atoms with Gasteiger partial charge in [0.2, 0.25) is 0 Å². The Balaban J connectivity index is 2.19. The average molecular weight is 330 g/mol. The van der Waals surface area contributed by atoms with Crippen molar-refractivity contribution in [1.82, 2.24) is 4.90 Å². The summed E-state index contributed by atoms with van der Waals surface area (Å²) in [5.74, 6) is -2.27. The molecule has 0 aliphatic carbocycles.